The van der Waals surface area contributed by atoms with Gasteiger partial charge in [0.2, 0.25) is 0 Å². The van der Waals surface area contributed by atoms with E-state index < -0.39 is 40.8 Å². The number of benzene rings is 2. The molecule has 2 aromatic carbocycles. The van der Waals surface area contributed by atoms with Gasteiger partial charge >= 0.3 is 12.1 Å². The molecule has 9 heteroatoms. The number of pyridine rings is 1. The molecule has 1 atom stereocenters. The first-order chi connectivity index (χ1) is 18.9. The number of aryl methyl sites for hydroxylation is 1. The van der Waals surface area contributed by atoms with Crippen molar-refractivity contribution in [2.24, 2.45) is 0 Å². The summed E-state index contributed by atoms with van der Waals surface area (Å²) in [7, 11) is 1.07. The average molecular weight is 556 g/mol. The normalized spacial score (nSPS) is 14.0. The molecule has 4 rings (SSSR count). The summed E-state index contributed by atoms with van der Waals surface area (Å²) >= 11 is 0. The molecule has 0 saturated carbocycles. The quantitative estimate of drug-likeness (QED) is 0.177. The predicted molar refractivity (Wildman–Crippen MR) is 143 cm³/mol. The van der Waals surface area contributed by atoms with E-state index >= 15 is 4.39 Å². The summed E-state index contributed by atoms with van der Waals surface area (Å²) in [4.78, 5) is 17.0. The topological polar surface area (TPSA) is 57.7 Å². The van der Waals surface area contributed by atoms with Crippen molar-refractivity contribution in [3.05, 3.63) is 83.1 Å². The molecule has 1 aliphatic rings. The van der Waals surface area contributed by atoms with Gasteiger partial charge in [-0.15, -0.1) is 5.73 Å². The van der Waals surface area contributed by atoms with E-state index in [0.29, 0.717) is 24.3 Å². The Morgan fingerprint density at radius 1 is 1.18 bits per heavy atom. The van der Waals surface area contributed by atoms with Crippen LogP contribution >= 0.6 is 0 Å². The van der Waals surface area contributed by atoms with Crippen LogP contribution in [0.25, 0.3) is 28.3 Å². The highest BCUT2D eigenvalue weighted by molar-refractivity contribution is 5.93. The number of fused-ring (bicyclic) bond motifs is 1. The van der Waals surface area contributed by atoms with Gasteiger partial charge in [-0.1, -0.05) is 12.6 Å². The lowest BCUT2D eigenvalue weighted by Crippen LogP contribution is -2.31. The van der Waals surface area contributed by atoms with Crippen LogP contribution in [0.2, 0.25) is 0 Å². The number of hydrogen-bond donors (Lipinski definition) is 0. The lowest BCUT2D eigenvalue weighted by Gasteiger charge is -2.31. The minimum Gasteiger partial charge on any atom is -0.493 e. The number of esters is 1. The summed E-state index contributed by atoms with van der Waals surface area (Å²) < 4.78 is 76.9. The fourth-order valence-corrected chi connectivity index (χ4v) is 4.85. The summed E-state index contributed by atoms with van der Waals surface area (Å²) in [6.45, 7) is 8.81. The zero-order chi connectivity index (χ0) is 29.2. The number of halogens is 4. The third-order valence-corrected chi connectivity index (χ3v) is 6.35. The Balaban J connectivity index is 2.26. The van der Waals surface area contributed by atoms with E-state index in [1.54, 1.807) is 39.0 Å². The Labute approximate surface area is 230 Å². The van der Waals surface area contributed by atoms with E-state index in [1.165, 1.54) is 18.3 Å². The number of methoxy groups -OCH3 is 1. The Morgan fingerprint density at radius 3 is 2.55 bits per heavy atom. The molecule has 40 heavy (non-hydrogen) atoms. The zero-order valence-electron chi connectivity index (χ0n) is 22.6. The van der Waals surface area contributed by atoms with Crippen LogP contribution in [0.15, 0.2) is 55.0 Å². The van der Waals surface area contributed by atoms with Gasteiger partial charge in [-0.25, -0.2) is 9.18 Å². The van der Waals surface area contributed by atoms with E-state index in [-0.39, 0.29) is 22.3 Å². The van der Waals surface area contributed by atoms with Crippen LogP contribution in [0, 0.1) is 5.82 Å². The molecule has 1 aromatic heterocycles. The standard InChI is InChI=1S/C31H29F4NO4/c1-6-8-20-16-22(21-12-13-36-17-23(21)32)25(19-10-11-24-18(15-19)9-7-14-39-24)26(27(20)31(33,34)35)28(29(37)38-5)40-30(2,3)4/h8,10-13,15-17,28H,1,7,9,14H2,2-5H3. The Morgan fingerprint density at radius 2 is 1.93 bits per heavy atom. The molecule has 1 unspecified atom stereocenters. The van der Waals surface area contributed by atoms with E-state index in [2.05, 4.69) is 17.3 Å². The van der Waals surface area contributed by atoms with Crippen molar-refractivity contribution in [3.8, 4) is 28.0 Å². The van der Waals surface area contributed by atoms with Gasteiger partial charge in [-0.2, -0.15) is 13.2 Å². The molecule has 0 aliphatic carbocycles. The number of rotatable bonds is 6. The van der Waals surface area contributed by atoms with Crippen molar-refractivity contribution in [2.45, 2.75) is 51.5 Å². The van der Waals surface area contributed by atoms with Gasteiger partial charge in [0.15, 0.2) is 6.10 Å². The lowest BCUT2D eigenvalue weighted by atomic mass is 9.81. The van der Waals surface area contributed by atoms with Crippen molar-refractivity contribution < 1.29 is 36.6 Å². The minimum atomic E-state index is -4.95. The number of hydrogen-bond acceptors (Lipinski definition) is 5. The van der Waals surface area contributed by atoms with Gasteiger partial charge in [-0.05, 0) is 91.8 Å². The zero-order valence-corrected chi connectivity index (χ0v) is 22.6. The van der Waals surface area contributed by atoms with Gasteiger partial charge in [0.05, 0.1) is 31.1 Å². The minimum absolute atomic E-state index is 0.00738. The van der Waals surface area contributed by atoms with Crippen LogP contribution in [0.4, 0.5) is 17.6 Å². The van der Waals surface area contributed by atoms with Crippen LogP contribution in [-0.4, -0.2) is 30.3 Å². The number of carbonyl (C=O) groups excluding carboxylic acids is 1. The molecule has 0 spiro atoms. The van der Waals surface area contributed by atoms with E-state index in [1.807, 2.05) is 0 Å². The molecule has 0 radical (unpaired) electrons. The Kier molecular flexibility index (Phi) is 8.19. The fraction of sp³-hybridized carbons (Fsp3) is 0.323. The van der Waals surface area contributed by atoms with E-state index in [0.717, 1.165) is 31.4 Å². The largest absolute Gasteiger partial charge is 0.493 e. The van der Waals surface area contributed by atoms with Crippen LogP contribution < -0.4 is 4.74 Å². The third-order valence-electron chi connectivity index (χ3n) is 6.35. The highest BCUT2D eigenvalue weighted by Crippen LogP contribution is 2.49. The third kappa shape index (κ3) is 5.96. The van der Waals surface area contributed by atoms with Gasteiger partial charge in [-0.3, -0.25) is 4.98 Å². The Hall–Kier alpha value is -3.94. The van der Waals surface area contributed by atoms with Crippen LogP contribution in [-0.2, 0) is 26.9 Å². The molecule has 0 N–H and O–H groups in total. The first kappa shape index (κ1) is 29.1. The maximum atomic E-state index is 15.3. The molecular weight excluding hydrogens is 526 g/mol. The second-order valence-corrected chi connectivity index (χ2v) is 10.3. The van der Waals surface area contributed by atoms with Crippen LogP contribution in [0.3, 0.4) is 0 Å². The van der Waals surface area contributed by atoms with Crippen molar-refractivity contribution in [2.75, 3.05) is 13.7 Å². The fourth-order valence-electron chi connectivity index (χ4n) is 4.85. The predicted octanol–water partition coefficient (Wildman–Crippen LogP) is 7.73. The molecule has 0 saturated heterocycles. The smallest absolute Gasteiger partial charge is 0.417 e. The molecule has 3 aromatic rings. The highest BCUT2D eigenvalue weighted by atomic mass is 19.4. The number of alkyl halides is 3. The van der Waals surface area contributed by atoms with Crippen molar-refractivity contribution in [1.29, 1.82) is 0 Å². The SMILES string of the molecule is C=C=Cc1cc(-c2ccncc2F)c(-c2ccc3c(c2)CCCO3)c(C(OC(C)(C)C)C(=O)OC)c1C(F)(F)F. The van der Waals surface area contributed by atoms with Crippen molar-refractivity contribution >= 4 is 12.0 Å². The first-order valence-electron chi connectivity index (χ1n) is 12.6. The molecule has 1 aliphatic heterocycles. The Bertz CT molecular complexity index is 1480. The van der Waals surface area contributed by atoms with Gasteiger partial charge in [0.1, 0.15) is 11.6 Å². The van der Waals surface area contributed by atoms with Gasteiger partial charge < -0.3 is 14.2 Å². The molecule has 0 amide bonds. The number of aromatic nitrogens is 1. The summed E-state index contributed by atoms with van der Waals surface area (Å²) in [5, 5.41) is 0. The number of ether oxygens (including phenoxy) is 3. The van der Waals surface area contributed by atoms with Crippen LogP contribution in [0.5, 0.6) is 5.75 Å². The van der Waals surface area contributed by atoms with Crippen molar-refractivity contribution in [1.82, 2.24) is 4.98 Å². The number of nitrogens with zero attached hydrogens (tertiary/aromatic N) is 1. The second kappa shape index (κ2) is 11.3. The van der Waals surface area contributed by atoms with Gasteiger partial charge in [0.25, 0.3) is 0 Å². The maximum absolute atomic E-state index is 15.3. The van der Waals surface area contributed by atoms with Gasteiger partial charge in [0, 0.05) is 17.3 Å². The average Bonchev–Trinajstić information content (AvgIpc) is 2.89. The van der Waals surface area contributed by atoms with E-state index in [4.69, 9.17) is 14.2 Å². The summed E-state index contributed by atoms with van der Waals surface area (Å²) in [6, 6.07) is 7.57. The second-order valence-electron chi connectivity index (χ2n) is 10.3. The molecule has 210 valence electrons. The molecule has 0 bridgehead atoms. The molecular formula is C31H29F4NO4. The lowest BCUT2D eigenvalue weighted by molar-refractivity contribution is -0.166. The summed E-state index contributed by atoms with van der Waals surface area (Å²) in [6.07, 6.45) is -2.04. The van der Waals surface area contributed by atoms with Crippen molar-refractivity contribution in [3.63, 3.8) is 0 Å². The molecule has 0 fully saturated rings. The number of carbonyl (C=O) groups is 1. The summed E-state index contributed by atoms with van der Waals surface area (Å²) in [5.74, 6) is -1.18. The highest BCUT2D eigenvalue weighted by Gasteiger charge is 2.44. The van der Waals surface area contributed by atoms with E-state index in [9.17, 15) is 18.0 Å². The van der Waals surface area contributed by atoms with Crippen LogP contribution in [0.1, 0.15) is 55.5 Å². The summed E-state index contributed by atoms with van der Waals surface area (Å²) in [5.41, 5.74) is 0.527. The maximum Gasteiger partial charge on any atom is 0.417 e. The molecule has 5 nitrogen and oxygen atoms in total. The molecule has 2 heterocycles. The monoisotopic (exact) mass is 555 g/mol. The first-order valence-corrected chi connectivity index (χ1v) is 12.6.